The number of hydrogen-bond donors (Lipinski definition) is 3. The van der Waals surface area contributed by atoms with Crippen LogP contribution in [0.1, 0.15) is 32.1 Å². The number of carbonyl (C=O) groups is 2. The van der Waals surface area contributed by atoms with Crippen LogP contribution in [-0.2, 0) is 14.3 Å². The van der Waals surface area contributed by atoms with Gasteiger partial charge in [0.2, 0.25) is 5.91 Å². The highest BCUT2D eigenvalue weighted by molar-refractivity contribution is 5.76. The average Bonchev–Trinajstić information content (AvgIpc) is 2.42. The molecule has 0 bridgehead atoms. The van der Waals surface area contributed by atoms with Gasteiger partial charge in [0, 0.05) is 20.1 Å². The molecule has 2 unspecified atom stereocenters. The second-order valence-corrected chi connectivity index (χ2v) is 5.01. The number of rotatable bonds is 8. The van der Waals surface area contributed by atoms with Gasteiger partial charge in [-0.1, -0.05) is 0 Å². The molecule has 1 rings (SSSR count). The van der Waals surface area contributed by atoms with Crippen molar-refractivity contribution in [2.75, 3.05) is 26.7 Å². The van der Waals surface area contributed by atoms with Gasteiger partial charge in [-0.3, -0.25) is 9.59 Å². The third kappa shape index (κ3) is 7.12. The van der Waals surface area contributed by atoms with E-state index in [-0.39, 0.29) is 18.9 Å². The number of carboxylic acids is 1. The van der Waals surface area contributed by atoms with Crippen molar-refractivity contribution in [2.24, 2.45) is 5.92 Å². The predicted octanol–water partition coefficient (Wildman–Crippen LogP) is 0.372. The molecule has 3 N–H and O–H groups in total. The van der Waals surface area contributed by atoms with Crippen molar-refractivity contribution in [1.82, 2.24) is 10.6 Å². The largest absolute Gasteiger partial charge is 0.481 e. The van der Waals surface area contributed by atoms with Crippen molar-refractivity contribution in [1.29, 1.82) is 0 Å². The maximum Gasteiger partial charge on any atom is 0.306 e. The molecular formula is C13H24N2O4. The fraction of sp³-hybridized carbons (Fsp3) is 0.846. The van der Waals surface area contributed by atoms with Crippen LogP contribution in [0.2, 0.25) is 0 Å². The fourth-order valence-corrected chi connectivity index (χ4v) is 2.26. The van der Waals surface area contributed by atoms with Crippen LogP contribution in [0.5, 0.6) is 0 Å². The molecule has 1 saturated heterocycles. The smallest absolute Gasteiger partial charge is 0.306 e. The van der Waals surface area contributed by atoms with E-state index >= 15 is 0 Å². The maximum absolute atomic E-state index is 11.7. The van der Waals surface area contributed by atoms with E-state index in [9.17, 15) is 9.59 Å². The van der Waals surface area contributed by atoms with Crippen molar-refractivity contribution >= 4 is 11.9 Å². The molecule has 6 heteroatoms. The van der Waals surface area contributed by atoms with Gasteiger partial charge in [0.05, 0.1) is 12.5 Å². The molecule has 1 heterocycles. The lowest BCUT2D eigenvalue weighted by Crippen LogP contribution is -2.35. The molecule has 1 amide bonds. The van der Waals surface area contributed by atoms with Crippen molar-refractivity contribution < 1.29 is 19.4 Å². The molecule has 2 atom stereocenters. The Hall–Kier alpha value is -1.14. The monoisotopic (exact) mass is 272 g/mol. The summed E-state index contributed by atoms with van der Waals surface area (Å²) in [6.45, 7) is 2.32. The van der Waals surface area contributed by atoms with Crippen LogP contribution >= 0.6 is 0 Å². The van der Waals surface area contributed by atoms with Gasteiger partial charge in [-0.25, -0.2) is 0 Å². The van der Waals surface area contributed by atoms with E-state index in [4.69, 9.17) is 9.84 Å². The van der Waals surface area contributed by atoms with Crippen LogP contribution in [-0.4, -0.2) is 49.8 Å². The Kier molecular flexibility index (Phi) is 7.43. The molecule has 0 aromatic rings. The Morgan fingerprint density at radius 2 is 2.32 bits per heavy atom. The van der Waals surface area contributed by atoms with Crippen molar-refractivity contribution in [3.05, 3.63) is 0 Å². The van der Waals surface area contributed by atoms with Crippen molar-refractivity contribution in [2.45, 2.75) is 38.2 Å². The standard InChI is InChI=1S/C13H24N2O4/c1-19-11(7-13(17)18)9-15-12(16)5-4-10-3-2-6-14-8-10/h10-11,14H,2-9H2,1H3,(H,15,16)(H,17,18). The Morgan fingerprint density at radius 3 is 2.89 bits per heavy atom. The summed E-state index contributed by atoms with van der Waals surface area (Å²) in [6.07, 6.45) is 3.18. The molecule has 1 aliphatic heterocycles. The van der Waals surface area contributed by atoms with Gasteiger partial charge >= 0.3 is 5.97 Å². The minimum absolute atomic E-state index is 0.0296. The highest BCUT2D eigenvalue weighted by atomic mass is 16.5. The van der Waals surface area contributed by atoms with E-state index in [0.29, 0.717) is 12.3 Å². The van der Waals surface area contributed by atoms with Crippen LogP contribution in [0.4, 0.5) is 0 Å². The first-order valence-electron chi connectivity index (χ1n) is 6.83. The number of piperidine rings is 1. The van der Waals surface area contributed by atoms with Gasteiger partial charge in [0.1, 0.15) is 0 Å². The summed E-state index contributed by atoms with van der Waals surface area (Å²) in [5.41, 5.74) is 0. The molecule has 0 aliphatic carbocycles. The fourth-order valence-electron chi connectivity index (χ4n) is 2.26. The van der Waals surface area contributed by atoms with E-state index in [0.717, 1.165) is 19.5 Å². The van der Waals surface area contributed by atoms with E-state index < -0.39 is 12.1 Å². The SMILES string of the molecule is COC(CNC(=O)CCC1CCCNC1)CC(=O)O. The molecule has 0 radical (unpaired) electrons. The van der Waals surface area contributed by atoms with Crippen LogP contribution in [0.3, 0.4) is 0 Å². The normalized spacial score (nSPS) is 20.8. The summed E-state index contributed by atoms with van der Waals surface area (Å²) in [5, 5.41) is 14.7. The molecule has 110 valence electrons. The van der Waals surface area contributed by atoms with Crippen LogP contribution < -0.4 is 10.6 Å². The quantitative estimate of drug-likeness (QED) is 0.594. The molecule has 1 aliphatic rings. The highest BCUT2D eigenvalue weighted by Gasteiger charge is 2.16. The summed E-state index contributed by atoms with van der Waals surface area (Å²) >= 11 is 0. The minimum Gasteiger partial charge on any atom is -0.481 e. The van der Waals surface area contributed by atoms with Crippen LogP contribution in [0.15, 0.2) is 0 Å². The second-order valence-electron chi connectivity index (χ2n) is 5.01. The lowest BCUT2D eigenvalue weighted by Gasteiger charge is -2.22. The summed E-state index contributed by atoms with van der Waals surface area (Å²) in [6, 6.07) is 0. The number of aliphatic carboxylic acids is 1. The summed E-state index contributed by atoms with van der Waals surface area (Å²) in [7, 11) is 1.45. The molecule has 19 heavy (non-hydrogen) atoms. The van der Waals surface area contributed by atoms with Crippen LogP contribution in [0, 0.1) is 5.92 Å². The predicted molar refractivity (Wildman–Crippen MR) is 70.9 cm³/mol. The zero-order chi connectivity index (χ0) is 14.1. The van der Waals surface area contributed by atoms with Crippen molar-refractivity contribution in [3.8, 4) is 0 Å². The second kappa shape index (κ2) is 8.87. The average molecular weight is 272 g/mol. The van der Waals surface area contributed by atoms with Crippen LogP contribution in [0.25, 0.3) is 0 Å². The molecule has 0 aromatic heterocycles. The number of ether oxygens (including phenoxy) is 1. The zero-order valence-electron chi connectivity index (χ0n) is 11.5. The summed E-state index contributed by atoms with van der Waals surface area (Å²) in [5.74, 6) is -0.371. The van der Waals surface area contributed by atoms with E-state index in [1.165, 1.54) is 20.0 Å². The van der Waals surface area contributed by atoms with E-state index in [1.54, 1.807) is 0 Å². The first-order chi connectivity index (χ1) is 9.11. The number of methoxy groups -OCH3 is 1. The summed E-state index contributed by atoms with van der Waals surface area (Å²) in [4.78, 5) is 22.2. The Morgan fingerprint density at radius 1 is 1.53 bits per heavy atom. The number of nitrogens with one attached hydrogen (secondary N) is 2. The first kappa shape index (κ1) is 15.9. The van der Waals surface area contributed by atoms with E-state index in [1.807, 2.05) is 0 Å². The highest BCUT2D eigenvalue weighted by Crippen LogP contribution is 2.15. The third-order valence-corrected chi connectivity index (χ3v) is 3.44. The number of carbonyl (C=O) groups excluding carboxylic acids is 1. The zero-order valence-corrected chi connectivity index (χ0v) is 11.5. The molecule has 0 saturated carbocycles. The van der Waals surface area contributed by atoms with Gasteiger partial charge < -0.3 is 20.5 Å². The Bertz CT molecular complexity index is 290. The summed E-state index contributed by atoms with van der Waals surface area (Å²) < 4.78 is 5.00. The van der Waals surface area contributed by atoms with Gasteiger partial charge in [0.25, 0.3) is 0 Å². The number of amides is 1. The molecular weight excluding hydrogens is 248 g/mol. The minimum atomic E-state index is -0.922. The molecule has 6 nitrogen and oxygen atoms in total. The van der Waals surface area contributed by atoms with Gasteiger partial charge in [0.15, 0.2) is 0 Å². The van der Waals surface area contributed by atoms with Gasteiger partial charge in [-0.05, 0) is 38.3 Å². The van der Waals surface area contributed by atoms with E-state index in [2.05, 4.69) is 10.6 Å². The van der Waals surface area contributed by atoms with Gasteiger partial charge in [-0.2, -0.15) is 0 Å². The molecule has 0 spiro atoms. The lowest BCUT2D eigenvalue weighted by atomic mass is 9.94. The Labute approximate surface area is 113 Å². The third-order valence-electron chi connectivity index (χ3n) is 3.44. The van der Waals surface area contributed by atoms with Crippen molar-refractivity contribution in [3.63, 3.8) is 0 Å². The Balaban J connectivity index is 2.13. The topological polar surface area (TPSA) is 87.7 Å². The maximum atomic E-state index is 11.7. The van der Waals surface area contributed by atoms with Gasteiger partial charge in [-0.15, -0.1) is 0 Å². The molecule has 0 aromatic carbocycles. The lowest BCUT2D eigenvalue weighted by molar-refractivity contribution is -0.140. The first-order valence-corrected chi connectivity index (χ1v) is 6.83. The number of hydrogen-bond acceptors (Lipinski definition) is 4. The molecule has 1 fully saturated rings. The number of carboxylic acid groups (broad SMARTS) is 1.